The standard InChI is InChI=1S/C17H21NO/c1-12(16(19)17(2,3)4)14-11-10-13-8-6-7-9-15(13)18(14)5/h6-11H,1-5H3/b14-12+. The number of likely N-dealkylation sites (N-methyl/N-ethyl adjacent to an activating group) is 1. The van der Waals surface area contributed by atoms with Gasteiger partial charge in [-0.1, -0.05) is 45.0 Å². The highest BCUT2D eigenvalue weighted by Crippen LogP contribution is 2.32. The molecule has 1 aromatic rings. The van der Waals surface area contributed by atoms with E-state index in [0.717, 1.165) is 17.0 Å². The fourth-order valence-electron chi connectivity index (χ4n) is 2.40. The molecule has 0 unspecified atom stereocenters. The van der Waals surface area contributed by atoms with E-state index in [4.69, 9.17) is 0 Å². The first-order valence-corrected chi connectivity index (χ1v) is 6.59. The summed E-state index contributed by atoms with van der Waals surface area (Å²) in [6.45, 7) is 7.79. The average molecular weight is 255 g/mol. The van der Waals surface area contributed by atoms with Crippen molar-refractivity contribution in [3.8, 4) is 0 Å². The Bertz CT molecular complexity index is 573. The van der Waals surface area contributed by atoms with Crippen molar-refractivity contribution in [2.45, 2.75) is 27.7 Å². The molecule has 100 valence electrons. The molecule has 0 radical (unpaired) electrons. The summed E-state index contributed by atoms with van der Waals surface area (Å²) < 4.78 is 0. The summed E-state index contributed by atoms with van der Waals surface area (Å²) in [5, 5.41) is 0. The highest BCUT2D eigenvalue weighted by molar-refractivity contribution is 6.01. The Labute approximate surface area is 115 Å². The van der Waals surface area contributed by atoms with Crippen LogP contribution in [-0.2, 0) is 4.79 Å². The average Bonchev–Trinajstić information content (AvgIpc) is 2.37. The van der Waals surface area contributed by atoms with Crippen LogP contribution in [0.15, 0.2) is 41.6 Å². The summed E-state index contributed by atoms with van der Waals surface area (Å²) in [6.07, 6.45) is 4.10. The summed E-state index contributed by atoms with van der Waals surface area (Å²) in [6, 6.07) is 8.21. The minimum atomic E-state index is -0.345. The van der Waals surface area contributed by atoms with Gasteiger partial charge < -0.3 is 4.90 Å². The number of hydrogen-bond acceptors (Lipinski definition) is 2. The molecule has 0 fully saturated rings. The SMILES string of the molecule is C/C(C(=O)C(C)(C)C)=C1/C=Cc2ccccc2N1C. The van der Waals surface area contributed by atoms with Crippen molar-refractivity contribution >= 4 is 17.5 Å². The minimum absolute atomic E-state index is 0.193. The van der Waals surface area contributed by atoms with Gasteiger partial charge in [0, 0.05) is 29.4 Å². The highest BCUT2D eigenvalue weighted by Gasteiger charge is 2.26. The summed E-state index contributed by atoms with van der Waals surface area (Å²) in [5.74, 6) is 0.193. The molecule has 0 aliphatic carbocycles. The fourth-order valence-corrected chi connectivity index (χ4v) is 2.40. The number of rotatable bonds is 1. The van der Waals surface area contributed by atoms with Crippen LogP contribution in [0, 0.1) is 5.41 Å². The van der Waals surface area contributed by atoms with Gasteiger partial charge in [0.05, 0.1) is 0 Å². The third-order valence-corrected chi connectivity index (χ3v) is 3.49. The monoisotopic (exact) mass is 255 g/mol. The van der Waals surface area contributed by atoms with E-state index in [1.165, 1.54) is 5.56 Å². The molecule has 0 spiro atoms. The lowest BCUT2D eigenvalue weighted by atomic mass is 9.85. The zero-order valence-electron chi connectivity index (χ0n) is 12.3. The molecule has 19 heavy (non-hydrogen) atoms. The second-order valence-electron chi connectivity index (χ2n) is 6.04. The Morgan fingerprint density at radius 1 is 1.11 bits per heavy atom. The first-order valence-electron chi connectivity index (χ1n) is 6.59. The van der Waals surface area contributed by atoms with Gasteiger partial charge in [0.15, 0.2) is 5.78 Å². The van der Waals surface area contributed by atoms with E-state index in [-0.39, 0.29) is 11.2 Å². The maximum atomic E-state index is 12.4. The van der Waals surface area contributed by atoms with Crippen LogP contribution in [-0.4, -0.2) is 12.8 Å². The lowest BCUT2D eigenvalue weighted by Gasteiger charge is -2.29. The molecule has 1 aliphatic heterocycles. The highest BCUT2D eigenvalue weighted by atomic mass is 16.1. The van der Waals surface area contributed by atoms with Crippen molar-refractivity contribution in [1.82, 2.24) is 0 Å². The Hall–Kier alpha value is -1.83. The lowest BCUT2D eigenvalue weighted by Crippen LogP contribution is -2.27. The van der Waals surface area contributed by atoms with E-state index in [1.807, 2.05) is 53.0 Å². The van der Waals surface area contributed by atoms with Gasteiger partial charge in [-0.15, -0.1) is 0 Å². The quantitative estimate of drug-likeness (QED) is 0.706. The molecule has 0 saturated heterocycles. The van der Waals surface area contributed by atoms with Crippen molar-refractivity contribution in [2.75, 3.05) is 11.9 Å². The third kappa shape index (κ3) is 2.48. The van der Waals surface area contributed by atoms with Gasteiger partial charge >= 0.3 is 0 Å². The predicted molar refractivity (Wildman–Crippen MR) is 81.0 cm³/mol. The first-order chi connectivity index (χ1) is 8.82. The molecule has 2 heteroatoms. The van der Waals surface area contributed by atoms with Gasteiger partial charge in [-0.25, -0.2) is 0 Å². The van der Waals surface area contributed by atoms with Gasteiger partial charge in [-0.05, 0) is 24.6 Å². The van der Waals surface area contributed by atoms with E-state index in [9.17, 15) is 4.79 Å². The number of anilines is 1. The van der Waals surface area contributed by atoms with Gasteiger partial charge in [-0.2, -0.15) is 0 Å². The number of nitrogens with zero attached hydrogens (tertiary/aromatic N) is 1. The van der Waals surface area contributed by atoms with Crippen molar-refractivity contribution in [3.63, 3.8) is 0 Å². The van der Waals surface area contributed by atoms with Crippen molar-refractivity contribution < 1.29 is 4.79 Å². The number of carbonyl (C=O) groups is 1. The van der Waals surface area contributed by atoms with Crippen LogP contribution in [0.25, 0.3) is 6.08 Å². The Balaban J connectivity index is 2.47. The number of ketones is 1. The van der Waals surface area contributed by atoms with Crippen LogP contribution in [0.5, 0.6) is 0 Å². The Morgan fingerprint density at radius 2 is 1.74 bits per heavy atom. The van der Waals surface area contributed by atoms with Crippen LogP contribution < -0.4 is 4.90 Å². The van der Waals surface area contributed by atoms with Crippen LogP contribution in [0.2, 0.25) is 0 Å². The van der Waals surface area contributed by atoms with Crippen LogP contribution in [0.4, 0.5) is 5.69 Å². The number of Topliss-reactive ketones (excluding diaryl/α,β-unsaturated/α-hetero) is 1. The molecule has 1 aromatic carbocycles. The zero-order chi connectivity index (χ0) is 14.2. The molecule has 1 aliphatic rings. The number of allylic oxidation sites excluding steroid dienone is 2. The molecule has 0 atom stereocenters. The molecule has 0 amide bonds. The largest absolute Gasteiger partial charge is 0.344 e. The molecule has 2 nitrogen and oxygen atoms in total. The number of benzene rings is 1. The van der Waals surface area contributed by atoms with E-state index >= 15 is 0 Å². The van der Waals surface area contributed by atoms with Gasteiger partial charge in [0.25, 0.3) is 0 Å². The Morgan fingerprint density at radius 3 is 2.37 bits per heavy atom. The zero-order valence-corrected chi connectivity index (χ0v) is 12.3. The molecular weight excluding hydrogens is 234 g/mol. The molecule has 2 rings (SSSR count). The van der Waals surface area contributed by atoms with Crippen LogP contribution in [0.3, 0.4) is 0 Å². The molecule has 0 N–H and O–H groups in total. The predicted octanol–water partition coefficient (Wildman–Crippen LogP) is 4.04. The molecule has 0 saturated carbocycles. The maximum absolute atomic E-state index is 12.4. The van der Waals surface area contributed by atoms with Gasteiger partial charge in [0.2, 0.25) is 0 Å². The topological polar surface area (TPSA) is 20.3 Å². The van der Waals surface area contributed by atoms with Crippen LogP contribution >= 0.6 is 0 Å². The summed E-state index contributed by atoms with van der Waals surface area (Å²) in [5.41, 5.74) is 3.79. The van der Waals surface area contributed by atoms with E-state index in [1.54, 1.807) is 0 Å². The molecule has 0 aromatic heterocycles. The number of fused-ring (bicyclic) bond motifs is 1. The fraction of sp³-hybridized carbons (Fsp3) is 0.353. The second-order valence-corrected chi connectivity index (χ2v) is 6.04. The van der Waals surface area contributed by atoms with Crippen molar-refractivity contribution in [1.29, 1.82) is 0 Å². The van der Waals surface area contributed by atoms with Crippen molar-refractivity contribution in [3.05, 3.63) is 47.2 Å². The first kappa shape index (κ1) is 13.6. The van der Waals surface area contributed by atoms with Gasteiger partial charge in [-0.3, -0.25) is 4.79 Å². The van der Waals surface area contributed by atoms with Crippen molar-refractivity contribution in [2.24, 2.45) is 5.41 Å². The summed E-state index contributed by atoms with van der Waals surface area (Å²) >= 11 is 0. The third-order valence-electron chi connectivity index (χ3n) is 3.49. The van der Waals surface area contributed by atoms with E-state index in [2.05, 4.69) is 23.1 Å². The summed E-state index contributed by atoms with van der Waals surface area (Å²) in [7, 11) is 2.01. The van der Waals surface area contributed by atoms with Gasteiger partial charge in [0.1, 0.15) is 0 Å². The normalized spacial score (nSPS) is 17.2. The Kier molecular flexibility index (Phi) is 3.36. The number of hydrogen-bond donors (Lipinski definition) is 0. The minimum Gasteiger partial charge on any atom is -0.344 e. The second kappa shape index (κ2) is 4.69. The lowest BCUT2D eigenvalue weighted by molar-refractivity contribution is -0.122. The smallest absolute Gasteiger partial charge is 0.165 e. The molecular formula is C17H21NO. The number of carbonyl (C=O) groups excluding carboxylic acids is 1. The molecule has 0 bridgehead atoms. The molecule has 1 heterocycles. The van der Waals surface area contributed by atoms with Crippen LogP contribution in [0.1, 0.15) is 33.3 Å². The summed E-state index contributed by atoms with van der Waals surface area (Å²) in [4.78, 5) is 14.5. The maximum Gasteiger partial charge on any atom is 0.165 e. The van der Waals surface area contributed by atoms with E-state index < -0.39 is 0 Å². The number of para-hydroxylation sites is 1. The van der Waals surface area contributed by atoms with E-state index in [0.29, 0.717) is 0 Å².